The standard InChI is InChI=1S/C18H24BrN3O6S/c1-3-20-18(25)21-16(23)11-28-17(24)13-4-5-14(19)15(10-13)29(26,27)22-8-6-12(2)7-9-22/h4-5,10,12H,3,6-9,11H2,1-2H3,(H2,20,21,23,25). The Bertz CT molecular complexity index is 882. The minimum atomic E-state index is -3.78. The molecule has 11 heteroatoms. The summed E-state index contributed by atoms with van der Waals surface area (Å²) in [5.74, 6) is -1.19. The van der Waals surface area contributed by atoms with E-state index < -0.39 is 34.5 Å². The summed E-state index contributed by atoms with van der Waals surface area (Å²) in [5, 5.41) is 4.37. The molecule has 1 aliphatic heterocycles. The quantitative estimate of drug-likeness (QED) is 0.588. The fourth-order valence-electron chi connectivity index (χ4n) is 2.77. The van der Waals surface area contributed by atoms with Crippen LogP contribution in [0.5, 0.6) is 0 Å². The van der Waals surface area contributed by atoms with Crippen molar-refractivity contribution in [1.82, 2.24) is 14.9 Å². The molecule has 0 aliphatic carbocycles. The Morgan fingerprint density at radius 3 is 2.52 bits per heavy atom. The van der Waals surface area contributed by atoms with Crippen LogP contribution in [-0.2, 0) is 19.6 Å². The molecule has 1 aliphatic rings. The van der Waals surface area contributed by atoms with Crippen LogP contribution in [0.4, 0.5) is 4.79 Å². The Morgan fingerprint density at radius 2 is 1.90 bits per heavy atom. The van der Waals surface area contributed by atoms with Gasteiger partial charge in [-0.3, -0.25) is 10.1 Å². The molecule has 1 heterocycles. The molecule has 1 aromatic carbocycles. The minimum absolute atomic E-state index is 0.0111. The zero-order valence-electron chi connectivity index (χ0n) is 16.2. The lowest BCUT2D eigenvalue weighted by Gasteiger charge is -2.29. The van der Waals surface area contributed by atoms with Crippen LogP contribution < -0.4 is 10.6 Å². The Balaban J connectivity index is 2.08. The Hall–Kier alpha value is -1.98. The lowest BCUT2D eigenvalue weighted by molar-refractivity contribution is -0.123. The number of piperidine rings is 1. The molecule has 3 amide bonds. The van der Waals surface area contributed by atoms with Crippen molar-refractivity contribution in [2.75, 3.05) is 26.2 Å². The number of nitrogens with zero attached hydrogens (tertiary/aromatic N) is 1. The van der Waals surface area contributed by atoms with E-state index in [0.717, 1.165) is 12.8 Å². The number of hydrogen-bond donors (Lipinski definition) is 2. The number of hydrogen-bond acceptors (Lipinski definition) is 6. The highest BCUT2D eigenvalue weighted by molar-refractivity contribution is 9.10. The summed E-state index contributed by atoms with van der Waals surface area (Å²) in [6.07, 6.45) is 1.55. The third kappa shape index (κ3) is 6.25. The van der Waals surface area contributed by atoms with E-state index in [9.17, 15) is 22.8 Å². The van der Waals surface area contributed by atoms with Crippen molar-refractivity contribution >= 4 is 43.9 Å². The first-order valence-corrected chi connectivity index (χ1v) is 11.4. The van der Waals surface area contributed by atoms with Gasteiger partial charge in [0.05, 0.1) is 10.5 Å². The summed E-state index contributed by atoms with van der Waals surface area (Å²) in [4.78, 5) is 35.1. The Labute approximate surface area is 178 Å². The van der Waals surface area contributed by atoms with Crippen LogP contribution in [0.2, 0.25) is 0 Å². The largest absolute Gasteiger partial charge is 0.452 e. The molecule has 0 bridgehead atoms. The Kier molecular flexibility index (Phi) is 8.17. The number of carbonyl (C=O) groups excluding carboxylic acids is 3. The molecule has 0 spiro atoms. The number of imide groups is 1. The predicted molar refractivity (Wildman–Crippen MR) is 109 cm³/mol. The summed E-state index contributed by atoms with van der Waals surface area (Å²) in [7, 11) is -3.78. The van der Waals surface area contributed by atoms with Gasteiger partial charge in [-0.05, 0) is 59.8 Å². The van der Waals surface area contributed by atoms with Gasteiger partial charge in [-0.15, -0.1) is 0 Å². The number of urea groups is 1. The van der Waals surface area contributed by atoms with E-state index in [2.05, 4.69) is 28.2 Å². The summed E-state index contributed by atoms with van der Waals surface area (Å²) < 4.78 is 32.6. The lowest BCUT2D eigenvalue weighted by atomic mass is 10.0. The average Bonchev–Trinajstić information content (AvgIpc) is 2.66. The maximum atomic E-state index is 13.0. The fourth-order valence-corrected chi connectivity index (χ4v) is 5.19. The Morgan fingerprint density at radius 1 is 1.24 bits per heavy atom. The molecular weight excluding hydrogens is 466 g/mol. The third-order valence-electron chi connectivity index (χ3n) is 4.45. The van der Waals surface area contributed by atoms with E-state index in [4.69, 9.17) is 4.74 Å². The lowest BCUT2D eigenvalue weighted by Crippen LogP contribution is -2.41. The van der Waals surface area contributed by atoms with E-state index in [0.29, 0.717) is 30.0 Å². The summed E-state index contributed by atoms with van der Waals surface area (Å²) in [5.41, 5.74) is -0.0111. The first-order valence-electron chi connectivity index (χ1n) is 9.19. The summed E-state index contributed by atoms with van der Waals surface area (Å²) in [6, 6.07) is 3.37. The van der Waals surface area contributed by atoms with Crippen LogP contribution in [0.15, 0.2) is 27.6 Å². The second-order valence-corrected chi connectivity index (χ2v) is 9.48. The molecule has 0 unspecified atom stereocenters. The zero-order valence-corrected chi connectivity index (χ0v) is 18.6. The van der Waals surface area contributed by atoms with Crippen molar-refractivity contribution in [3.63, 3.8) is 0 Å². The van der Waals surface area contributed by atoms with E-state index in [-0.39, 0.29) is 10.5 Å². The average molecular weight is 490 g/mol. The molecule has 29 heavy (non-hydrogen) atoms. The van der Waals surface area contributed by atoms with Crippen molar-refractivity contribution in [1.29, 1.82) is 0 Å². The maximum absolute atomic E-state index is 13.0. The second-order valence-electron chi connectivity index (χ2n) is 6.72. The van der Waals surface area contributed by atoms with Crippen LogP contribution in [0.25, 0.3) is 0 Å². The zero-order chi connectivity index (χ0) is 21.6. The van der Waals surface area contributed by atoms with Crippen molar-refractivity contribution < 1.29 is 27.5 Å². The number of ether oxygens (including phenoxy) is 1. The van der Waals surface area contributed by atoms with E-state index in [1.807, 2.05) is 5.32 Å². The van der Waals surface area contributed by atoms with Gasteiger partial charge in [0.1, 0.15) is 0 Å². The number of benzene rings is 1. The second kappa shape index (κ2) is 10.2. The van der Waals surface area contributed by atoms with Crippen LogP contribution in [0.3, 0.4) is 0 Å². The molecule has 1 aromatic rings. The molecule has 160 valence electrons. The molecule has 0 saturated carbocycles. The van der Waals surface area contributed by atoms with Crippen LogP contribution >= 0.6 is 15.9 Å². The van der Waals surface area contributed by atoms with Gasteiger partial charge in [0, 0.05) is 24.1 Å². The number of halogens is 1. The predicted octanol–water partition coefficient (Wildman–Crippen LogP) is 1.87. The smallest absolute Gasteiger partial charge is 0.338 e. The summed E-state index contributed by atoms with van der Waals surface area (Å²) in [6.45, 7) is 4.28. The van der Waals surface area contributed by atoms with Gasteiger partial charge < -0.3 is 10.1 Å². The van der Waals surface area contributed by atoms with Crippen LogP contribution in [0, 0.1) is 5.92 Å². The van der Waals surface area contributed by atoms with Crippen molar-refractivity contribution in [2.24, 2.45) is 5.92 Å². The highest BCUT2D eigenvalue weighted by atomic mass is 79.9. The first kappa shape index (κ1) is 23.3. The van der Waals surface area contributed by atoms with Crippen LogP contribution in [-0.4, -0.2) is 56.9 Å². The number of nitrogens with one attached hydrogen (secondary N) is 2. The third-order valence-corrected chi connectivity index (χ3v) is 7.34. The highest BCUT2D eigenvalue weighted by Gasteiger charge is 2.30. The minimum Gasteiger partial charge on any atom is -0.452 e. The van der Waals surface area contributed by atoms with Crippen molar-refractivity contribution in [3.8, 4) is 0 Å². The van der Waals surface area contributed by atoms with Gasteiger partial charge in [0.25, 0.3) is 5.91 Å². The van der Waals surface area contributed by atoms with E-state index in [1.54, 1.807) is 6.92 Å². The van der Waals surface area contributed by atoms with Gasteiger partial charge in [0.15, 0.2) is 6.61 Å². The molecule has 0 radical (unpaired) electrons. The van der Waals surface area contributed by atoms with Gasteiger partial charge in [0.2, 0.25) is 10.0 Å². The SMILES string of the molecule is CCNC(=O)NC(=O)COC(=O)c1ccc(Br)c(S(=O)(=O)N2CCC(C)CC2)c1. The molecule has 1 fully saturated rings. The first-order chi connectivity index (χ1) is 13.6. The van der Waals surface area contributed by atoms with Crippen molar-refractivity contribution in [2.45, 2.75) is 31.6 Å². The molecular formula is C18H24BrN3O6S. The van der Waals surface area contributed by atoms with Gasteiger partial charge in [-0.1, -0.05) is 6.92 Å². The van der Waals surface area contributed by atoms with Crippen LogP contribution in [0.1, 0.15) is 37.0 Å². The topological polar surface area (TPSA) is 122 Å². The molecule has 2 N–H and O–H groups in total. The number of esters is 1. The fraction of sp³-hybridized carbons (Fsp3) is 0.500. The number of amides is 3. The van der Waals surface area contributed by atoms with Crippen molar-refractivity contribution in [3.05, 3.63) is 28.2 Å². The van der Waals surface area contributed by atoms with Gasteiger partial charge >= 0.3 is 12.0 Å². The molecule has 1 saturated heterocycles. The monoisotopic (exact) mass is 489 g/mol. The number of sulfonamides is 1. The summed E-state index contributed by atoms with van der Waals surface area (Å²) >= 11 is 3.23. The molecule has 2 rings (SSSR count). The molecule has 9 nitrogen and oxygen atoms in total. The van der Waals surface area contributed by atoms with Gasteiger partial charge in [-0.2, -0.15) is 4.31 Å². The molecule has 0 atom stereocenters. The molecule has 0 aromatic heterocycles. The van der Waals surface area contributed by atoms with Gasteiger partial charge in [-0.25, -0.2) is 18.0 Å². The van der Waals surface area contributed by atoms with E-state index >= 15 is 0 Å². The number of carbonyl (C=O) groups is 3. The number of rotatable bonds is 6. The maximum Gasteiger partial charge on any atom is 0.338 e. The van der Waals surface area contributed by atoms with E-state index in [1.165, 1.54) is 22.5 Å². The highest BCUT2D eigenvalue weighted by Crippen LogP contribution is 2.29. The normalized spacial score (nSPS) is 15.6.